The zero-order chi connectivity index (χ0) is 16.9. The van der Waals surface area contributed by atoms with E-state index in [4.69, 9.17) is 11.2 Å². The van der Waals surface area contributed by atoms with Gasteiger partial charge in [0.25, 0.3) is 0 Å². The summed E-state index contributed by atoms with van der Waals surface area (Å²) in [4.78, 5) is 11.1. The van der Waals surface area contributed by atoms with Crippen LogP contribution in [0.2, 0.25) is 0 Å². The van der Waals surface area contributed by atoms with Gasteiger partial charge >= 0.3 is 6.36 Å². The first-order valence-electron chi connectivity index (χ1n) is 6.45. The first kappa shape index (κ1) is 16.4. The van der Waals surface area contributed by atoms with E-state index in [1.165, 1.54) is 36.4 Å². The molecule has 3 nitrogen and oxygen atoms in total. The molecule has 0 amide bonds. The van der Waals surface area contributed by atoms with Crippen LogP contribution < -0.4 is 9.47 Å². The number of hydrogen-bond donors (Lipinski definition) is 0. The van der Waals surface area contributed by atoms with Crippen LogP contribution in [-0.4, -0.2) is 19.3 Å². The highest BCUT2D eigenvalue weighted by molar-refractivity contribution is 5.84. The quantitative estimate of drug-likeness (QED) is 0.615. The average molecular weight is 320 g/mol. The minimum atomic E-state index is -4.81. The van der Waals surface area contributed by atoms with Gasteiger partial charge in [-0.05, 0) is 23.8 Å². The summed E-state index contributed by atoms with van der Waals surface area (Å²) in [5, 5.41) is 0. The molecule has 0 unspecified atom stereocenters. The van der Waals surface area contributed by atoms with Crippen molar-refractivity contribution in [3.05, 3.63) is 48.0 Å². The topological polar surface area (TPSA) is 35.5 Å². The second kappa shape index (κ2) is 6.88. The second-order valence-electron chi connectivity index (χ2n) is 4.41. The van der Waals surface area contributed by atoms with Crippen LogP contribution in [0.25, 0.3) is 11.1 Å². The lowest BCUT2D eigenvalue weighted by molar-refractivity contribution is -0.274. The van der Waals surface area contributed by atoms with Gasteiger partial charge in [0, 0.05) is 5.56 Å². The maximum absolute atomic E-state index is 12.5. The Morgan fingerprint density at radius 2 is 1.87 bits per heavy atom. The molecule has 0 saturated carbocycles. The molecule has 0 saturated heterocycles. The number of halogens is 3. The average Bonchev–Trinajstić information content (AvgIpc) is 2.52. The molecule has 0 radical (unpaired) electrons. The van der Waals surface area contributed by atoms with Gasteiger partial charge in [-0.1, -0.05) is 30.2 Å². The molecule has 2 aromatic carbocycles. The molecule has 118 valence electrons. The van der Waals surface area contributed by atoms with Crippen molar-refractivity contribution >= 4 is 6.29 Å². The lowest BCUT2D eigenvalue weighted by Crippen LogP contribution is -2.17. The first-order chi connectivity index (χ1) is 10.9. The number of rotatable bonds is 5. The van der Waals surface area contributed by atoms with Crippen LogP contribution in [0.1, 0.15) is 10.4 Å². The second-order valence-corrected chi connectivity index (χ2v) is 4.41. The summed E-state index contributed by atoms with van der Waals surface area (Å²) >= 11 is 0. The normalized spacial score (nSPS) is 10.7. The molecule has 0 N–H and O–H groups in total. The third-order valence-corrected chi connectivity index (χ3v) is 2.87. The maximum Gasteiger partial charge on any atom is 0.573 e. The van der Waals surface area contributed by atoms with Gasteiger partial charge < -0.3 is 9.47 Å². The molecular weight excluding hydrogens is 309 g/mol. The highest BCUT2D eigenvalue weighted by Gasteiger charge is 2.32. The molecule has 2 rings (SSSR count). The number of carbonyl (C=O) groups excluding carboxylic acids is 1. The van der Waals surface area contributed by atoms with Crippen LogP contribution in [0.4, 0.5) is 13.2 Å². The monoisotopic (exact) mass is 320 g/mol. The van der Waals surface area contributed by atoms with Crippen LogP contribution in [0.15, 0.2) is 42.5 Å². The summed E-state index contributed by atoms with van der Waals surface area (Å²) in [5.41, 5.74) is 0.774. The van der Waals surface area contributed by atoms with Gasteiger partial charge in [-0.15, -0.1) is 19.6 Å². The molecule has 0 aliphatic rings. The molecule has 0 heterocycles. The van der Waals surface area contributed by atoms with Crippen molar-refractivity contribution < 1.29 is 27.4 Å². The Morgan fingerprint density at radius 1 is 1.13 bits per heavy atom. The summed E-state index contributed by atoms with van der Waals surface area (Å²) in [5.74, 6) is 2.17. The molecule has 0 bridgehead atoms. The molecule has 0 spiro atoms. The molecular formula is C17H11F3O3. The molecule has 0 atom stereocenters. The molecule has 23 heavy (non-hydrogen) atoms. The van der Waals surface area contributed by atoms with Gasteiger partial charge in [0.05, 0.1) is 5.56 Å². The van der Waals surface area contributed by atoms with Crippen molar-refractivity contribution in [2.45, 2.75) is 6.36 Å². The Kier molecular flexibility index (Phi) is 4.91. The van der Waals surface area contributed by atoms with Crippen molar-refractivity contribution in [3.63, 3.8) is 0 Å². The van der Waals surface area contributed by atoms with Gasteiger partial charge in [-0.3, -0.25) is 4.79 Å². The Balaban J connectivity index is 2.43. The van der Waals surface area contributed by atoms with E-state index in [1.807, 2.05) is 0 Å². The van der Waals surface area contributed by atoms with Gasteiger partial charge in [0.15, 0.2) is 6.29 Å². The number of alkyl halides is 3. The highest BCUT2D eigenvalue weighted by atomic mass is 19.4. The van der Waals surface area contributed by atoms with E-state index in [9.17, 15) is 18.0 Å². The summed E-state index contributed by atoms with van der Waals surface area (Å²) in [7, 11) is 0. The summed E-state index contributed by atoms with van der Waals surface area (Å²) in [6, 6.07) is 10.1. The Bertz CT molecular complexity index is 745. The fraction of sp³-hybridized carbons (Fsp3) is 0.118. The van der Waals surface area contributed by atoms with E-state index in [0.717, 1.165) is 0 Å². The van der Waals surface area contributed by atoms with Crippen LogP contribution in [0, 0.1) is 12.3 Å². The Labute approximate surface area is 130 Å². The standard InChI is InChI=1S/C17H11F3O3/c1-2-9-22-15-8-7-12(10-13(15)11-21)14-5-3-4-6-16(14)23-17(18,19)20/h1,3-8,10-11H,9H2. The predicted octanol–water partition coefficient (Wildman–Crippen LogP) is 4.08. The van der Waals surface area contributed by atoms with E-state index < -0.39 is 6.36 Å². The van der Waals surface area contributed by atoms with Gasteiger partial charge in [-0.2, -0.15) is 0 Å². The first-order valence-corrected chi connectivity index (χ1v) is 6.45. The number of ether oxygens (including phenoxy) is 2. The largest absolute Gasteiger partial charge is 0.573 e. The van der Waals surface area contributed by atoms with Crippen LogP contribution >= 0.6 is 0 Å². The number of para-hydroxylation sites is 1. The third-order valence-electron chi connectivity index (χ3n) is 2.87. The van der Waals surface area contributed by atoms with Gasteiger partial charge in [-0.25, -0.2) is 0 Å². The number of hydrogen-bond acceptors (Lipinski definition) is 3. The number of terminal acetylenes is 1. The molecule has 0 aliphatic heterocycles. The predicted molar refractivity (Wildman–Crippen MR) is 78.3 cm³/mol. The molecule has 0 aromatic heterocycles. The van der Waals surface area contributed by atoms with Crippen LogP contribution in [-0.2, 0) is 0 Å². The minimum Gasteiger partial charge on any atom is -0.480 e. The fourth-order valence-electron chi connectivity index (χ4n) is 1.98. The number of aldehydes is 1. The number of carbonyl (C=O) groups is 1. The van der Waals surface area contributed by atoms with E-state index in [0.29, 0.717) is 11.8 Å². The number of benzene rings is 2. The van der Waals surface area contributed by atoms with E-state index >= 15 is 0 Å². The van der Waals surface area contributed by atoms with Crippen molar-refractivity contribution in [3.8, 4) is 35.0 Å². The zero-order valence-corrected chi connectivity index (χ0v) is 11.8. The van der Waals surface area contributed by atoms with Crippen molar-refractivity contribution in [2.75, 3.05) is 6.61 Å². The summed E-state index contributed by atoms with van der Waals surface area (Å²) < 4.78 is 46.6. The van der Waals surface area contributed by atoms with Crippen molar-refractivity contribution in [1.29, 1.82) is 0 Å². The third kappa shape index (κ3) is 4.27. The van der Waals surface area contributed by atoms with Gasteiger partial charge in [0.2, 0.25) is 0 Å². The molecule has 2 aromatic rings. The Morgan fingerprint density at radius 3 is 2.52 bits per heavy atom. The lowest BCUT2D eigenvalue weighted by Gasteiger charge is -2.14. The van der Waals surface area contributed by atoms with E-state index in [1.54, 1.807) is 6.07 Å². The Hall–Kier alpha value is -2.94. The van der Waals surface area contributed by atoms with Crippen molar-refractivity contribution in [1.82, 2.24) is 0 Å². The fourth-order valence-corrected chi connectivity index (χ4v) is 1.98. The smallest absolute Gasteiger partial charge is 0.480 e. The van der Waals surface area contributed by atoms with Crippen molar-refractivity contribution in [2.24, 2.45) is 0 Å². The summed E-state index contributed by atoms with van der Waals surface area (Å²) in [6.07, 6.45) is 0.819. The van der Waals surface area contributed by atoms with Crippen LogP contribution in [0.5, 0.6) is 11.5 Å². The SMILES string of the molecule is C#CCOc1ccc(-c2ccccc2OC(F)(F)F)cc1C=O. The summed E-state index contributed by atoms with van der Waals surface area (Å²) in [6.45, 7) is -0.0199. The minimum absolute atomic E-state index is 0.0199. The maximum atomic E-state index is 12.5. The molecule has 0 aliphatic carbocycles. The lowest BCUT2D eigenvalue weighted by atomic mass is 10.0. The van der Waals surface area contributed by atoms with Gasteiger partial charge in [0.1, 0.15) is 18.1 Å². The zero-order valence-electron chi connectivity index (χ0n) is 11.8. The van der Waals surface area contributed by atoms with Crippen LogP contribution in [0.3, 0.4) is 0 Å². The van der Waals surface area contributed by atoms with E-state index in [-0.39, 0.29) is 29.2 Å². The highest BCUT2D eigenvalue weighted by Crippen LogP contribution is 2.35. The van der Waals surface area contributed by atoms with E-state index in [2.05, 4.69) is 10.7 Å². The molecule has 0 fully saturated rings. The molecule has 6 heteroatoms.